The second-order valence-electron chi connectivity index (χ2n) is 7.86. The van der Waals surface area contributed by atoms with Crippen LogP contribution in [-0.4, -0.2) is 40.0 Å². The first kappa shape index (κ1) is 20.6. The number of hydrogen-bond acceptors (Lipinski definition) is 6. The predicted octanol–water partition coefficient (Wildman–Crippen LogP) is 3.79. The SMILES string of the molecule is O=C1C(=O)N(Cc2ccccc2)[C@@H](c2ccc(O)cc2)/C1=C(\O)c1ccc2c(c1)OCCO2. The minimum absolute atomic E-state index is 0.0155. The topological polar surface area (TPSA) is 96.3 Å². The summed E-state index contributed by atoms with van der Waals surface area (Å²) in [4.78, 5) is 27.7. The van der Waals surface area contributed by atoms with E-state index in [0.29, 0.717) is 35.8 Å². The Morgan fingerprint density at radius 3 is 2.33 bits per heavy atom. The lowest BCUT2D eigenvalue weighted by atomic mass is 9.95. The fourth-order valence-electron chi connectivity index (χ4n) is 4.17. The molecule has 0 bridgehead atoms. The lowest BCUT2D eigenvalue weighted by molar-refractivity contribution is -0.140. The number of phenols is 1. The zero-order valence-electron chi connectivity index (χ0n) is 17.6. The molecule has 33 heavy (non-hydrogen) atoms. The van der Waals surface area contributed by atoms with Crippen molar-refractivity contribution in [3.63, 3.8) is 0 Å². The third kappa shape index (κ3) is 3.78. The van der Waals surface area contributed by atoms with Gasteiger partial charge in [0.1, 0.15) is 24.7 Å². The van der Waals surface area contributed by atoms with Gasteiger partial charge in [-0.2, -0.15) is 0 Å². The number of ether oxygens (including phenoxy) is 2. The highest BCUT2D eigenvalue weighted by atomic mass is 16.6. The van der Waals surface area contributed by atoms with Gasteiger partial charge < -0.3 is 24.6 Å². The van der Waals surface area contributed by atoms with Crippen molar-refractivity contribution in [3.05, 3.63) is 95.1 Å². The van der Waals surface area contributed by atoms with Gasteiger partial charge in [0.25, 0.3) is 11.7 Å². The number of ketones is 1. The van der Waals surface area contributed by atoms with Crippen LogP contribution in [0.2, 0.25) is 0 Å². The first-order valence-corrected chi connectivity index (χ1v) is 10.5. The van der Waals surface area contributed by atoms with E-state index in [-0.39, 0.29) is 23.6 Å². The number of aliphatic hydroxyl groups excluding tert-OH is 1. The second-order valence-corrected chi connectivity index (χ2v) is 7.86. The molecule has 0 aromatic heterocycles. The Bertz CT molecular complexity index is 1250. The molecule has 0 spiro atoms. The van der Waals surface area contributed by atoms with E-state index >= 15 is 0 Å². The van der Waals surface area contributed by atoms with E-state index in [1.165, 1.54) is 17.0 Å². The Morgan fingerprint density at radius 2 is 1.61 bits per heavy atom. The van der Waals surface area contributed by atoms with Gasteiger partial charge in [-0.1, -0.05) is 42.5 Å². The summed E-state index contributed by atoms with van der Waals surface area (Å²) in [5, 5.41) is 20.9. The van der Waals surface area contributed by atoms with Gasteiger partial charge in [0, 0.05) is 12.1 Å². The van der Waals surface area contributed by atoms with Gasteiger partial charge in [-0.3, -0.25) is 9.59 Å². The zero-order chi connectivity index (χ0) is 22.9. The minimum atomic E-state index is -0.820. The van der Waals surface area contributed by atoms with Crippen LogP contribution in [0.3, 0.4) is 0 Å². The van der Waals surface area contributed by atoms with Crippen molar-refractivity contribution in [3.8, 4) is 17.2 Å². The van der Waals surface area contributed by atoms with Crippen LogP contribution in [0.4, 0.5) is 0 Å². The molecular formula is C26H21NO6. The highest BCUT2D eigenvalue weighted by Crippen LogP contribution is 2.42. The van der Waals surface area contributed by atoms with Crippen LogP contribution in [0.1, 0.15) is 22.7 Å². The van der Waals surface area contributed by atoms with Gasteiger partial charge in [0.15, 0.2) is 11.5 Å². The number of rotatable bonds is 4. The van der Waals surface area contributed by atoms with Crippen molar-refractivity contribution in [2.75, 3.05) is 13.2 Å². The average Bonchev–Trinajstić information content (AvgIpc) is 3.09. The van der Waals surface area contributed by atoms with Gasteiger partial charge in [-0.05, 0) is 41.5 Å². The molecule has 166 valence electrons. The third-order valence-corrected chi connectivity index (χ3v) is 5.76. The Balaban J connectivity index is 1.63. The molecule has 2 heterocycles. The Labute approximate surface area is 190 Å². The molecule has 2 aliphatic rings. The van der Waals surface area contributed by atoms with E-state index in [9.17, 15) is 19.8 Å². The molecule has 0 saturated carbocycles. The van der Waals surface area contributed by atoms with Crippen molar-refractivity contribution in [2.45, 2.75) is 12.6 Å². The van der Waals surface area contributed by atoms with Crippen molar-refractivity contribution >= 4 is 17.4 Å². The molecule has 0 aliphatic carbocycles. The van der Waals surface area contributed by atoms with Crippen molar-refractivity contribution < 1.29 is 29.3 Å². The van der Waals surface area contributed by atoms with Crippen LogP contribution >= 0.6 is 0 Å². The molecule has 3 aromatic carbocycles. The monoisotopic (exact) mass is 443 g/mol. The molecule has 1 amide bonds. The number of phenolic OH excluding ortho intramolecular Hbond substituents is 1. The highest BCUT2D eigenvalue weighted by molar-refractivity contribution is 6.46. The summed E-state index contributed by atoms with van der Waals surface area (Å²) in [6, 6.07) is 19.7. The molecule has 5 rings (SSSR count). The maximum atomic E-state index is 13.1. The molecule has 2 N–H and O–H groups in total. The molecule has 7 nitrogen and oxygen atoms in total. The summed E-state index contributed by atoms with van der Waals surface area (Å²) in [6.07, 6.45) is 0. The van der Waals surface area contributed by atoms with E-state index < -0.39 is 17.7 Å². The number of aliphatic hydroxyl groups is 1. The molecule has 1 saturated heterocycles. The second kappa shape index (κ2) is 8.35. The fourth-order valence-corrected chi connectivity index (χ4v) is 4.17. The number of aromatic hydroxyl groups is 1. The van der Waals surface area contributed by atoms with E-state index in [2.05, 4.69) is 0 Å². The number of hydrogen-bond donors (Lipinski definition) is 2. The summed E-state index contributed by atoms with van der Waals surface area (Å²) in [6.45, 7) is 1.00. The minimum Gasteiger partial charge on any atom is -0.508 e. The van der Waals surface area contributed by atoms with E-state index in [1.807, 2.05) is 30.3 Å². The average molecular weight is 443 g/mol. The van der Waals surface area contributed by atoms with Crippen molar-refractivity contribution in [1.82, 2.24) is 4.90 Å². The quantitative estimate of drug-likeness (QED) is 0.362. The van der Waals surface area contributed by atoms with Crippen LogP contribution < -0.4 is 9.47 Å². The summed E-state index contributed by atoms with van der Waals surface area (Å²) in [5.74, 6) is -0.681. The van der Waals surface area contributed by atoms with E-state index in [0.717, 1.165) is 5.56 Å². The number of Topliss-reactive ketones (excluding diaryl/α,β-unsaturated/α-hetero) is 1. The maximum absolute atomic E-state index is 13.1. The smallest absolute Gasteiger partial charge is 0.295 e. The Morgan fingerprint density at radius 1 is 0.909 bits per heavy atom. The zero-order valence-corrected chi connectivity index (χ0v) is 17.6. The summed E-state index contributed by atoms with van der Waals surface area (Å²) >= 11 is 0. The molecule has 0 unspecified atom stereocenters. The van der Waals surface area contributed by atoms with Gasteiger partial charge in [-0.25, -0.2) is 0 Å². The molecular weight excluding hydrogens is 422 g/mol. The molecule has 7 heteroatoms. The number of likely N-dealkylation sites (tertiary alicyclic amines) is 1. The highest BCUT2D eigenvalue weighted by Gasteiger charge is 2.46. The molecule has 0 radical (unpaired) electrons. The van der Waals surface area contributed by atoms with Crippen molar-refractivity contribution in [2.24, 2.45) is 0 Å². The Kier molecular flexibility index (Phi) is 5.22. The number of benzene rings is 3. The Hall–Kier alpha value is -4.26. The number of amides is 1. The standard InChI is InChI=1S/C26H21NO6/c28-19-9-6-17(7-10-19)23-22(24(29)18-8-11-20-21(14-18)33-13-12-32-20)25(30)26(31)27(23)15-16-4-2-1-3-5-16/h1-11,14,23,28-29H,12-13,15H2/b24-22+/t23-/m0/s1. The van der Waals surface area contributed by atoms with Crippen LogP contribution in [0.15, 0.2) is 78.4 Å². The number of carbonyl (C=O) groups excluding carboxylic acids is 2. The number of nitrogens with zero attached hydrogens (tertiary/aromatic N) is 1. The first-order valence-electron chi connectivity index (χ1n) is 10.5. The molecule has 1 atom stereocenters. The van der Waals surface area contributed by atoms with Crippen molar-refractivity contribution in [1.29, 1.82) is 0 Å². The first-order chi connectivity index (χ1) is 16.0. The lowest BCUT2D eigenvalue weighted by Gasteiger charge is -2.25. The largest absolute Gasteiger partial charge is 0.508 e. The maximum Gasteiger partial charge on any atom is 0.295 e. The normalized spacial score (nSPS) is 19.0. The van der Waals surface area contributed by atoms with Crippen LogP contribution in [0.25, 0.3) is 5.76 Å². The fraction of sp³-hybridized carbons (Fsp3) is 0.154. The predicted molar refractivity (Wildman–Crippen MR) is 120 cm³/mol. The molecule has 2 aliphatic heterocycles. The number of fused-ring (bicyclic) bond motifs is 1. The van der Waals surface area contributed by atoms with E-state index in [4.69, 9.17) is 9.47 Å². The molecule has 1 fully saturated rings. The summed E-state index contributed by atoms with van der Waals surface area (Å²) in [5.41, 5.74) is 1.78. The van der Waals surface area contributed by atoms with Gasteiger partial charge >= 0.3 is 0 Å². The summed E-state index contributed by atoms with van der Waals surface area (Å²) in [7, 11) is 0. The van der Waals surface area contributed by atoms with Crippen LogP contribution in [0, 0.1) is 0 Å². The van der Waals surface area contributed by atoms with Gasteiger partial charge in [0.05, 0.1) is 11.6 Å². The van der Waals surface area contributed by atoms with Crippen LogP contribution in [-0.2, 0) is 16.1 Å². The summed E-state index contributed by atoms with van der Waals surface area (Å²) < 4.78 is 11.1. The van der Waals surface area contributed by atoms with Gasteiger partial charge in [0.2, 0.25) is 0 Å². The van der Waals surface area contributed by atoms with E-state index in [1.54, 1.807) is 30.3 Å². The third-order valence-electron chi connectivity index (χ3n) is 5.76. The molecule has 3 aromatic rings. The lowest BCUT2D eigenvalue weighted by Crippen LogP contribution is -2.29. The van der Waals surface area contributed by atoms with Gasteiger partial charge in [-0.15, -0.1) is 0 Å². The number of carbonyl (C=O) groups is 2. The van der Waals surface area contributed by atoms with Crippen LogP contribution in [0.5, 0.6) is 17.2 Å².